The van der Waals surface area contributed by atoms with Crippen LogP contribution < -0.4 is 27.0 Å². The fourth-order valence-corrected chi connectivity index (χ4v) is 4.10. The second-order valence-electron chi connectivity index (χ2n) is 11.2. The zero-order chi connectivity index (χ0) is 32.0. The summed E-state index contributed by atoms with van der Waals surface area (Å²) in [6.45, 7) is 12.9. The summed E-state index contributed by atoms with van der Waals surface area (Å²) >= 11 is 0. The molecule has 0 saturated heterocycles. The van der Waals surface area contributed by atoms with Crippen LogP contribution in [0.15, 0.2) is 24.3 Å². The van der Waals surface area contributed by atoms with E-state index >= 15 is 0 Å². The minimum atomic E-state index is -0.897. The van der Waals surface area contributed by atoms with Gasteiger partial charge in [-0.2, -0.15) is 0 Å². The number of primary amides is 1. The first-order valence-electron chi connectivity index (χ1n) is 15.3. The number of benzene rings is 1. The van der Waals surface area contributed by atoms with Crippen molar-refractivity contribution in [2.75, 3.05) is 51.5 Å². The lowest BCUT2D eigenvalue weighted by atomic mass is 10.0. The third-order valence-corrected chi connectivity index (χ3v) is 6.30. The molecule has 12 nitrogen and oxygen atoms in total. The molecule has 0 unspecified atom stereocenters. The largest absolute Gasteiger partial charge is 0.379 e. The quantitative estimate of drug-likeness (QED) is 0.119. The van der Waals surface area contributed by atoms with E-state index in [1.165, 1.54) is 0 Å². The Kier molecular flexibility index (Phi) is 19.6. The highest BCUT2D eigenvalue weighted by Crippen LogP contribution is 2.14. The Balaban J connectivity index is 2.66. The minimum absolute atomic E-state index is 0.0750. The Hall–Kier alpha value is -3.22. The summed E-state index contributed by atoms with van der Waals surface area (Å²) in [5, 5.41) is 10.9. The smallest absolute Gasteiger partial charge is 0.312 e. The molecule has 0 aliphatic heterocycles. The van der Waals surface area contributed by atoms with Crippen LogP contribution in [0.5, 0.6) is 0 Å². The van der Waals surface area contributed by atoms with Gasteiger partial charge in [0.25, 0.3) is 0 Å². The van der Waals surface area contributed by atoms with Gasteiger partial charge in [-0.25, -0.2) is 4.79 Å². The number of carbonyl (C=O) groups is 4. The molecular weight excluding hydrogens is 554 g/mol. The van der Waals surface area contributed by atoms with E-state index in [4.69, 9.17) is 19.9 Å². The van der Waals surface area contributed by atoms with Gasteiger partial charge in [0.1, 0.15) is 12.1 Å². The summed E-state index contributed by atoms with van der Waals surface area (Å²) in [4.78, 5) is 50.1. The molecule has 12 heteroatoms. The maximum absolute atomic E-state index is 13.3. The Bertz CT molecular complexity index is 956. The Morgan fingerprint density at radius 1 is 0.814 bits per heavy atom. The molecular formula is C31H53N5O7. The predicted octanol–water partition coefficient (Wildman–Crippen LogP) is 2.75. The van der Waals surface area contributed by atoms with Gasteiger partial charge in [-0.1, -0.05) is 46.8 Å². The zero-order valence-corrected chi connectivity index (χ0v) is 26.5. The molecule has 2 atom stereocenters. The molecule has 6 N–H and O–H groups in total. The lowest BCUT2D eigenvalue weighted by Gasteiger charge is -2.25. The highest BCUT2D eigenvalue weighted by molar-refractivity contribution is 5.98. The van der Waals surface area contributed by atoms with Gasteiger partial charge >= 0.3 is 6.03 Å². The molecule has 1 aromatic rings. The van der Waals surface area contributed by atoms with Crippen LogP contribution in [0.2, 0.25) is 0 Å². The van der Waals surface area contributed by atoms with Crippen molar-refractivity contribution in [2.45, 2.75) is 78.8 Å². The topological polar surface area (TPSA) is 170 Å². The van der Waals surface area contributed by atoms with Gasteiger partial charge in [0, 0.05) is 25.3 Å². The van der Waals surface area contributed by atoms with E-state index in [1.54, 1.807) is 0 Å². The predicted molar refractivity (Wildman–Crippen MR) is 166 cm³/mol. The molecule has 1 rings (SSSR count). The second-order valence-corrected chi connectivity index (χ2v) is 11.2. The van der Waals surface area contributed by atoms with E-state index < -0.39 is 29.9 Å². The Labute approximate surface area is 256 Å². The number of ether oxygens (including phenoxy) is 3. The van der Waals surface area contributed by atoms with Crippen LogP contribution in [0.3, 0.4) is 0 Å². The maximum atomic E-state index is 13.3. The van der Waals surface area contributed by atoms with Crippen LogP contribution in [0.1, 0.15) is 65.9 Å². The van der Waals surface area contributed by atoms with Gasteiger partial charge in [-0.05, 0) is 55.2 Å². The molecule has 5 amide bonds. The molecule has 0 bridgehead atoms. The molecule has 0 heterocycles. The highest BCUT2D eigenvalue weighted by Gasteiger charge is 2.28. The zero-order valence-electron chi connectivity index (χ0n) is 26.5. The van der Waals surface area contributed by atoms with Crippen molar-refractivity contribution < 1.29 is 33.4 Å². The summed E-state index contributed by atoms with van der Waals surface area (Å²) in [5.41, 5.74) is 6.91. The van der Waals surface area contributed by atoms with Crippen LogP contribution in [0.25, 0.3) is 0 Å². The molecule has 43 heavy (non-hydrogen) atoms. The SMILES string of the molecule is CCCOCCOCCOCCC(=O)N[C@H](C(=O)N[C@@H](CCCNC(N)=O)C(=O)Nc1ccc(CC(C)C)cc1)C(C)C. The van der Waals surface area contributed by atoms with E-state index in [0.29, 0.717) is 51.1 Å². The van der Waals surface area contributed by atoms with Crippen LogP contribution in [0.4, 0.5) is 10.5 Å². The number of anilines is 1. The first-order valence-corrected chi connectivity index (χ1v) is 15.3. The van der Waals surface area contributed by atoms with Crippen molar-refractivity contribution in [3.8, 4) is 0 Å². The van der Waals surface area contributed by atoms with Crippen LogP contribution in [0, 0.1) is 11.8 Å². The minimum Gasteiger partial charge on any atom is -0.379 e. The standard InChI is InChI=1S/C31H53N5O7/c1-6-15-41-17-19-43-20-18-42-16-13-27(37)36-28(23(4)5)30(39)35-26(8-7-14-33-31(32)40)29(38)34-25-11-9-24(10-12-25)21-22(2)3/h9-12,22-23,26,28H,6-8,13-21H2,1-5H3,(H,34,38)(H,35,39)(H,36,37)(H3,32,33,40)/t26-,28-/m0/s1. The van der Waals surface area contributed by atoms with E-state index in [-0.39, 0.29) is 37.8 Å². The molecule has 0 fully saturated rings. The van der Waals surface area contributed by atoms with Crippen molar-refractivity contribution in [1.82, 2.24) is 16.0 Å². The Morgan fingerprint density at radius 2 is 1.42 bits per heavy atom. The lowest BCUT2D eigenvalue weighted by molar-refractivity contribution is -0.132. The number of rotatable bonds is 23. The average Bonchev–Trinajstić information content (AvgIpc) is 2.94. The van der Waals surface area contributed by atoms with Crippen molar-refractivity contribution in [1.29, 1.82) is 0 Å². The second kappa shape index (κ2) is 22.3. The number of urea groups is 1. The summed E-state index contributed by atoms with van der Waals surface area (Å²) < 4.78 is 16.2. The molecule has 1 aromatic carbocycles. The molecule has 0 radical (unpaired) electrons. The molecule has 0 spiro atoms. The van der Waals surface area contributed by atoms with Crippen LogP contribution in [-0.4, -0.2) is 82.0 Å². The monoisotopic (exact) mass is 607 g/mol. The van der Waals surface area contributed by atoms with E-state index in [0.717, 1.165) is 18.4 Å². The highest BCUT2D eigenvalue weighted by atomic mass is 16.5. The third-order valence-electron chi connectivity index (χ3n) is 6.30. The van der Waals surface area contributed by atoms with Gasteiger partial charge in [0.2, 0.25) is 17.7 Å². The first-order chi connectivity index (χ1) is 20.5. The number of hydrogen-bond acceptors (Lipinski definition) is 7. The van der Waals surface area contributed by atoms with Crippen molar-refractivity contribution in [2.24, 2.45) is 17.6 Å². The summed E-state index contributed by atoms with van der Waals surface area (Å²) in [5.74, 6) is -0.933. The number of nitrogens with one attached hydrogen (secondary N) is 4. The number of hydrogen-bond donors (Lipinski definition) is 5. The fourth-order valence-electron chi connectivity index (χ4n) is 4.10. The summed E-state index contributed by atoms with van der Waals surface area (Å²) in [6, 6.07) is 5.17. The number of amides is 5. The van der Waals surface area contributed by atoms with Crippen molar-refractivity contribution in [3.63, 3.8) is 0 Å². The van der Waals surface area contributed by atoms with Gasteiger partial charge in [0.05, 0.1) is 33.0 Å². The van der Waals surface area contributed by atoms with Crippen LogP contribution >= 0.6 is 0 Å². The third kappa shape index (κ3) is 18.1. The first kappa shape index (κ1) is 37.8. The van der Waals surface area contributed by atoms with Crippen LogP contribution in [-0.2, 0) is 35.0 Å². The maximum Gasteiger partial charge on any atom is 0.312 e. The molecule has 0 saturated carbocycles. The molecule has 244 valence electrons. The van der Waals surface area contributed by atoms with Gasteiger partial charge in [0.15, 0.2) is 0 Å². The molecule has 0 aliphatic rings. The fraction of sp³-hybridized carbons (Fsp3) is 0.677. The average molecular weight is 608 g/mol. The van der Waals surface area contributed by atoms with Gasteiger partial charge in [-0.3, -0.25) is 14.4 Å². The van der Waals surface area contributed by atoms with Gasteiger partial charge < -0.3 is 41.2 Å². The lowest BCUT2D eigenvalue weighted by Crippen LogP contribution is -2.54. The van der Waals surface area contributed by atoms with E-state index in [1.807, 2.05) is 45.0 Å². The van der Waals surface area contributed by atoms with Crippen molar-refractivity contribution >= 4 is 29.4 Å². The molecule has 0 aliphatic carbocycles. The Morgan fingerprint density at radius 3 is 1.98 bits per heavy atom. The molecule has 0 aromatic heterocycles. The van der Waals surface area contributed by atoms with E-state index in [9.17, 15) is 19.2 Å². The number of carbonyl (C=O) groups excluding carboxylic acids is 4. The summed E-state index contributed by atoms with van der Waals surface area (Å²) in [6.07, 6.45) is 2.62. The normalized spacial score (nSPS) is 12.5. The van der Waals surface area contributed by atoms with Gasteiger partial charge in [-0.15, -0.1) is 0 Å². The van der Waals surface area contributed by atoms with E-state index in [2.05, 4.69) is 35.1 Å². The summed E-state index contributed by atoms with van der Waals surface area (Å²) in [7, 11) is 0. The number of nitrogens with two attached hydrogens (primary N) is 1. The van der Waals surface area contributed by atoms with Crippen molar-refractivity contribution in [3.05, 3.63) is 29.8 Å².